The number of amides is 1. The van der Waals surface area contributed by atoms with E-state index in [2.05, 4.69) is 9.97 Å². The number of aliphatic hydroxyl groups excluding tert-OH is 1. The van der Waals surface area contributed by atoms with E-state index in [0.29, 0.717) is 45.8 Å². The third kappa shape index (κ3) is 6.10. The van der Waals surface area contributed by atoms with Gasteiger partial charge in [-0.3, -0.25) is 14.8 Å². The van der Waals surface area contributed by atoms with Gasteiger partial charge in [-0.1, -0.05) is 23.2 Å². The Morgan fingerprint density at radius 1 is 1.19 bits per heavy atom. The Hall–Kier alpha value is -1.38. The predicted octanol–water partition coefficient (Wildman–Crippen LogP) is 2.81. The average molecular weight is 415 g/mol. The summed E-state index contributed by atoms with van der Waals surface area (Å²) in [5.74, 6) is 0.914. The molecule has 9 heteroatoms. The minimum Gasteiger partial charge on any atom is -0.387 e. The molecule has 0 saturated carbocycles. The quantitative estimate of drug-likeness (QED) is 0.543. The molecule has 0 saturated heterocycles. The zero-order chi connectivity index (χ0) is 19.1. The Morgan fingerprint density at radius 3 is 2.54 bits per heavy atom. The van der Waals surface area contributed by atoms with Crippen LogP contribution in [0, 0.1) is 0 Å². The molecule has 2 aromatic rings. The number of carbonyl (C=O) groups excluding carboxylic acids is 1. The Bertz CT molecular complexity index is 746. The van der Waals surface area contributed by atoms with Crippen LogP contribution in [0.4, 0.5) is 0 Å². The lowest BCUT2D eigenvalue weighted by Crippen LogP contribution is -2.36. The number of nitrogens with two attached hydrogens (primary N) is 2. The highest BCUT2D eigenvalue weighted by atomic mass is 35.5. The van der Waals surface area contributed by atoms with Crippen LogP contribution in [0.15, 0.2) is 30.6 Å². The number of nitrogens with zero attached hydrogens (tertiary/aromatic N) is 2. The molecule has 1 aromatic heterocycles. The molecule has 1 amide bonds. The van der Waals surface area contributed by atoms with Gasteiger partial charge in [-0.15, -0.1) is 0 Å². The fraction of sp³-hybridized carbons (Fsp3) is 0.353. The van der Waals surface area contributed by atoms with Crippen LogP contribution in [0.1, 0.15) is 24.6 Å². The second kappa shape index (κ2) is 10.1. The summed E-state index contributed by atoms with van der Waals surface area (Å²) in [5.41, 5.74) is 12.5. The summed E-state index contributed by atoms with van der Waals surface area (Å²) in [6, 6.07) is 4.53. The van der Waals surface area contributed by atoms with Gasteiger partial charge in [0.15, 0.2) is 0 Å². The van der Waals surface area contributed by atoms with Gasteiger partial charge in [0, 0.05) is 10.6 Å². The molecule has 0 fully saturated rings. The van der Waals surface area contributed by atoms with E-state index in [4.69, 9.17) is 34.7 Å². The van der Waals surface area contributed by atoms with Crippen LogP contribution in [0.3, 0.4) is 0 Å². The number of thioether (sulfide) groups is 1. The molecule has 26 heavy (non-hydrogen) atoms. The number of aliphatic hydroxyl groups is 1. The summed E-state index contributed by atoms with van der Waals surface area (Å²) in [6.07, 6.45) is 3.44. The van der Waals surface area contributed by atoms with Crippen molar-refractivity contribution in [2.24, 2.45) is 11.5 Å². The predicted molar refractivity (Wildman–Crippen MR) is 106 cm³/mol. The van der Waals surface area contributed by atoms with Gasteiger partial charge in [0.25, 0.3) is 0 Å². The summed E-state index contributed by atoms with van der Waals surface area (Å²) < 4.78 is 0. The van der Waals surface area contributed by atoms with Crippen molar-refractivity contribution in [2.45, 2.75) is 25.0 Å². The summed E-state index contributed by atoms with van der Waals surface area (Å²) in [5, 5.41) is 11.3. The maximum Gasteiger partial charge on any atom is 0.234 e. The van der Waals surface area contributed by atoms with Gasteiger partial charge in [-0.05, 0) is 42.5 Å². The minimum atomic E-state index is -0.713. The molecule has 140 valence electrons. The molecule has 0 spiro atoms. The third-order valence-electron chi connectivity index (χ3n) is 3.69. The van der Waals surface area contributed by atoms with Crippen LogP contribution in [0.5, 0.6) is 0 Å². The number of halogens is 2. The maximum atomic E-state index is 10.8. The van der Waals surface area contributed by atoms with Crippen molar-refractivity contribution in [3.63, 3.8) is 0 Å². The number of carbonyl (C=O) groups is 1. The number of hydrogen-bond donors (Lipinski definition) is 3. The molecule has 0 bridgehead atoms. The van der Waals surface area contributed by atoms with Crippen LogP contribution in [0.2, 0.25) is 10.0 Å². The van der Waals surface area contributed by atoms with Crippen molar-refractivity contribution in [3.8, 4) is 11.3 Å². The highest BCUT2D eigenvalue weighted by Gasteiger charge is 2.13. The van der Waals surface area contributed by atoms with Gasteiger partial charge in [0.05, 0.1) is 40.9 Å². The molecular weight excluding hydrogens is 395 g/mol. The Kier molecular flexibility index (Phi) is 8.12. The van der Waals surface area contributed by atoms with Crippen molar-refractivity contribution in [1.29, 1.82) is 0 Å². The molecule has 0 aliphatic heterocycles. The molecule has 5 N–H and O–H groups in total. The average Bonchev–Trinajstić information content (AvgIpc) is 2.61. The molecule has 6 nitrogen and oxygen atoms in total. The zero-order valence-corrected chi connectivity index (χ0v) is 16.3. The molecular formula is C17H20Cl2N4O2S. The lowest BCUT2D eigenvalue weighted by molar-refractivity contribution is -0.119. The zero-order valence-electron chi connectivity index (χ0n) is 13.9. The first kappa shape index (κ1) is 20.9. The molecule has 0 aliphatic rings. The largest absolute Gasteiger partial charge is 0.387 e. The van der Waals surface area contributed by atoms with Crippen molar-refractivity contribution >= 4 is 40.9 Å². The maximum absolute atomic E-state index is 10.8. The van der Waals surface area contributed by atoms with Crippen molar-refractivity contribution in [3.05, 3.63) is 46.3 Å². The van der Waals surface area contributed by atoms with Gasteiger partial charge >= 0.3 is 0 Å². The van der Waals surface area contributed by atoms with Gasteiger partial charge in [0.2, 0.25) is 5.91 Å². The number of hydrogen-bond acceptors (Lipinski definition) is 6. The Morgan fingerprint density at radius 2 is 1.92 bits per heavy atom. The van der Waals surface area contributed by atoms with Crippen molar-refractivity contribution < 1.29 is 9.90 Å². The highest BCUT2D eigenvalue weighted by molar-refractivity contribution is 7.99. The topological polar surface area (TPSA) is 115 Å². The van der Waals surface area contributed by atoms with Gasteiger partial charge < -0.3 is 16.6 Å². The fourth-order valence-electron chi connectivity index (χ4n) is 2.14. The van der Waals surface area contributed by atoms with Gasteiger partial charge in [-0.2, -0.15) is 11.8 Å². The number of primary amides is 1. The third-order valence-corrected chi connectivity index (χ3v) is 5.29. The molecule has 2 atom stereocenters. The number of aromatic nitrogens is 2. The summed E-state index contributed by atoms with van der Waals surface area (Å²) in [4.78, 5) is 19.4. The first-order valence-electron chi connectivity index (χ1n) is 7.96. The van der Waals surface area contributed by atoms with Crippen molar-refractivity contribution in [1.82, 2.24) is 9.97 Å². The van der Waals surface area contributed by atoms with E-state index in [1.165, 1.54) is 0 Å². The highest BCUT2D eigenvalue weighted by Crippen LogP contribution is 2.29. The molecule has 1 aromatic carbocycles. The number of benzene rings is 1. The van der Waals surface area contributed by atoms with Crippen LogP contribution in [-0.4, -0.2) is 38.5 Å². The molecule has 2 rings (SSSR count). The number of rotatable bonds is 9. The Balaban J connectivity index is 1.85. The van der Waals surface area contributed by atoms with E-state index in [9.17, 15) is 9.90 Å². The van der Waals surface area contributed by atoms with E-state index in [1.54, 1.807) is 42.4 Å². The second-order valence-electron chi connectivity index (χ2n) is 5.67. The van der Waals surface area contributed by atoms with Crippen LogP contribution < -0.4 is 11.5 Å². The first-order chi connectivity index (χ1) is 12.4. The van der Waals surface area contributed by atoms with Gasteiger partial charge in [0.1, 0.15) is 0 Å². The first-order valence-corrected chi connectivity index (χ1v) is 9.87. The monoisotopic (exact) mass is 414 g/mol. The molecule has 0 radical (unpaired) electrons. The summed E-state index contributed by atoms with van der Waals surface area (Å²) >= 11 is 13.7. The van der Waals surface area contributed by atoms with E-state index in [0.717, 1.165) is 5.56 Å². The van der Waals surface area contributed by atoms with Gasteiger partial charge in [-0.25, -0.2) is 0 Å². The summed E-state index contributed by atoms with van der Waals surface area (Å²) in [6.45, 7) is 0. The lowest BCUT2D eigenvalue weighted by Gasteiger charge is -2.11. The smallest absolute Gasteiger partial charge is 0.234 e. The lowest BCUT2D eigenvalue weighted by atomic mass is 10.1. The van der Waals surface area contributed by atoms with E-state index in [1.807, 2.05) is 0 Å². The van der Waals surface area contributed by atoms with E-state index in [-0.39, 0.29) is 0 Å². The molecule has 1 heterocycles. The van der Waals surface area contributed by atoms with Crippen molar-refractivity contribution in [2.75, 3.05) is 11.5 Å². The fourth-order valence-corrected chi connectivity index (χ4v) is 3.66. The van der Waals surface area contributed by atoms with E-state index < -0.39 is 18.1 Å². The van der Waals surface area contributed by atoms with E-state index >= 15 is 0 Å². The molecule has 0 aliphatic carbocycles. The molecule has 2 unspecified atom stereocenters. The normalized spacial score (nSPS) is 13.4. The SMILES string of the molecule is NC(=O)C(N)CCSCCC(O)c1cnc(-c2ccc(Cl)cc2Cl)cn1. The second-order valence-corrected chi connectivity index (χ2v) is 7.73. The van der Waals surface area contributed by atoms with Crippen LogP contribution in [0.25, 0.3) is 11.3 Å². The Labute approximate surface area is 166 Å². The summed E-state index contributed by atoms with van der Waals surface area (Å²) in [7, 11) is 0. The van der Waals surface area contributed by atoms with Crippen LogP contribution >= 0.6 is 35.0 Å². The standard InChI is InChI=1S/C17H20Cl2N4O2S/c18-10-1-2-11(12(19)7-10)14-8-23-15(9-22-14)16(24)4-6-26-5-3-13(20)17(21)25/h1-2,7-9,13,16,24H,3-6,20H2,(H2,21,25). The van der Waals surface area contributed by atoms with Crippen LogP contribution in [-0.2, 0) is 4.79 Å². The minimum absolute atomic E-state index is 0.491.